The predicted molar refractivity (Wildman–Crippen MR) is 113 cm³/mol. The molecule has 1 fully saturated rings. The maximum Gasteiger partial charge on any atom is 0.241 e. The first kappa shape index (κ1) is 18.6. The molecule has 1 aliphatic rings. The van der Waals surface area contributed by atoms with Crippen molar-refractivity contribution in [3.05, 3.63) is 51.2 Å². The normalized spacial score (nSPS) is 17.7. The average molecular weight is 494 g/mol. The summed E-state index contributed by atoms with van der Waals surface area (Å²) < 4.78 is 6.55. The second-order valence-electron chi connectivity index (χ2n) is 6.56. The smallest absolute Gasteiger partial charge is 0.241 e. The van der Waals surface area contributed by atoms with Gasteiger partial charge in [-0.15, -0.1) is 11.3 Å². The number of aromatic nitrogens is 2. The number of nitrogens with one attached hydrogen (secondary N) is 1. The van der Waals surface area contributed by atoms with Gasteiger partial charge in [-0.2, -0.15) is 4.98 Å². The van der Waals surface area contributed by atoms with E-state index in [1.807, 2.05) is 41.8 Å². The maximum atomic E-state index is 12.6. The van der Waals surface area contributed by atoms with Crippen LogP contribution in [0.15, 0.2) is 46.3 Å². The van der Waals surface area contributed by atoms with Crippen LogP contribution in [0.4, 0.5) is 5.69 Å². The minimum atomic E-state index is -0.0299. The Balaban J connectivity index is 1.35. The van der Waals surface area contributed by atoms with Crippen LogP contribution in [-0.2, 0) is 11.3 Å². The summed E-state index contributed by atoms with van der Waals surface area (Å²) in [6.45, 7) is 2.21. The Morgan fingerprint density at radius 1 is 1.33 bits per heavy atom. The molecule has 4 rings (SSSR count). The number of rotatable bonds is 5. The van der Waals surface area contributed by atoms with E-state index < -0.39 is 0 Å². The summed E-state index contributed by atoms with van der Waals surface area (Å²) in [6.07, 6.45) is 1.88. The number of carbonyl (C=O) groups excluding carboxylic acids is 1. The molecular weight excluding hydrogens is 475 g/mol. The van der Waals surface area contributed by atoms with Crippen LogP contribution < -0.4 is 5.32 Å². The molecule has 2 aromatic heterocycles. The molecule has 1 aliphatic heterocycles. The minimum Gasteiger partial charge on any atom is -0.338 e. The monoisotopic (exact) mass is 494 g/mol. The minimum absolute atomic E-state index is 0.0299. The molecule has 1 saturated heterocycles. The fraction of sp³-hybridized carbons (Fsp3) is 0.316. The van der Waals surface area contributed by atoms with Gasteiger partial charge in [0.25, 0.3) is 0 Å². The molecule has 1 atom stereocenters. The van der Waals surface area contributed by atoms with Crippen molar-refractivity contribution < 1.29 is 9.32 Å². The first-order valence-corrected chi connectivity index (χ1v) is 10.8. The maximum absolute atomic E-state index is 12.6. The Morgan fingerprint density at radius 2 is 2.19 bits per heavy atom. The second-order valence-corrected chi connectivity index (χ2v) is 8.75. The number of thiophene rings is 1. The summed E-state index contributed by atoms with van der Waals surface area (Å²) in [5.41, 5.74) is 0.843. The molecular formula is C19H19IN4O2S. The van der Waals surface area contributed by atoms with E-state index in [0.717, 1.165) is 33.5 Å². The van der Waals surface area contributed by atoms with E-state index in [-0.39, 0.29) is 11.8 Å². The lowest BCUT2D eigenvalue weighted by Gasteiger charge is -2.30. The van der Waals surface area contributed by atoms with Gasteiger partial charge < -0.3 is 9.84 Å². The summed E-state index contributed by atoms with van der Waals surface area (Å²) >= 11 is 3.84. The van der Waals surface area contributed by atoms with Gasteiger partial charge in [0.15, 0.2) is 0 Å². The number of anilines is 1. The van der Waals surface area contributed by atoms with Crippen molar-refractivity contribution in [2.45, 2.75) is 19.4 Å². The van der Waals surface area contributed by atoms with Gasteiger partial charge in [-0.05, 0) is 77.7 Å². The Bertz CT molecular complexity index is 895. The fourth-order valence-corrected chi connectivity index (χ4v) is 4.22. The number of likely N-dealkylation sites (tertiary alicyclic amines) is 1. The molecule has 140 valence electrons. The second kappa shape index (κ2) is 8.49. The van der Waals surface area contributed by atoms with Crippen LogP contribution in [0.5, 0.6) is 0 Å². The molecule has 27 heavy (non-hydrogen) atoms. The van der Waals surface area contributed by atoms with Crippen molar-refractivity contribution in [1.29, 1.82) is 0 Å². The zero-order valence-corrected chi connectivity index (χ0v) is 17.6. The largest absolute Gasteiger partial charge is 0.338 e. The van der Waals surface area contributed by atoms with Crippen molar-refractivity contribution in [3.63, 3.8) is 0 Å². The molecule has 0 radical (unpaired) electrons. The van der Waals surface area contributed by atoms with Gasteiger partial charge >= 0.3 is 0 Å². The molecule has 1 amide bonds. The lowest BCUT2D eigenvalue weighted by atomic mass is 9.97. The third kappa shape index (κ3) is 4.74. The van der Waals surface area contributed by atoms with Crippen molar-refractivity contribution in [3.8, 4) is 10.7 Å². The summed E-state index contributed by atoms with van der Waals surface area (Å²) in [5, 5.41) is 9.08. The standard InChI is InChI=1S/C19H19IN4O2S/c20-14-5-7-15(8-6-14)21-19(25)13-3-1-9-24(11-13)12-17-22-18(23-26-17)16-4-2-10-27-16/h2,4-8,10,13H,1,3,9,11-12H2,(H,21,25). The van der Waals surface area contributed by atoms with E-state index in [1.165, 1.54) is 0 Å². The highest BCUT2D eigenvalue weighted by atomic mass is 127. The van der Waals surface area contributed by atoms with Gasteiger partial charge in [0, 0.05) is 15.8 Å². The highest BCUT2D eigenvalue weighted by molar-refractivity contribution is 14.1. The van der Waals surface area contributed by atoms with E-state index in [0.29, 0.717) is 24.8 Å². The van der Waals surface area contributed by atoms with E-state index in [2.05, 4.69) is 42.9 Å². The van der Waals surface area contributed by atoms with Crippen LogP contribution in [0.25, 0.3) is 10.7 Å². The Labute approximate surface area is 175 Å². The molecule has 0 bridgehead atoms. The molecule has 0 aliphatic carbocycles. The number of hydrogen-bond donors (Lipinski definition) is 1. The number of nitrogens with zero attached hydrogens (tertiary/aromatic N) is 3. The van der Waals surface area contributed by atoms with Gasteiger partial charge in [0.05, 0.1) is 17.3 Å². The number of piperidine rings is 1. The van der Waals surface area contributed by atoms with E-state index in [4.69, 9.17) is 4.52 Å². The van der Waals surface area contributed by atoms with Crippen molar-refractivity contribution in [1.82, 2.24) is 15.0 Å². The zero-order chi connectivity index (χ0) is 18.6. The van der Waals surface area contributed by atoms with Gasteiger partial charge in [-0.3, -0.25) is 9.69 Å². The summed E-state index contributed by atoms with van der Waals surface area (Å²) in [7, 11) is 0. The van der Waals surface area contributed by atoms with Gasteiger partial charge in [-0.1, -0.05) is 11.2 Å². The Kier molecular flexibility index (Phi) is 5.84. The number of benzene rings is 1. The van der Waals surface area contributed by atoms with Crippen LogP contribution in [0.3, 0.4) is 0 Å². The first-order chi connectivity index (χ1) is 13.2. The number of hydrogen-bond acceptors (Lipinski definition) is 6. The fourth-order valence-electron chi connectivity index (χ4n) is 3.21. The van der Waals surface area contributed by atoms with E-state index >= 15 is 0 Å². The molecule has 1 N–H and O–H groups in total. The molecule has 1 unspecified atom stereocenters. The van der Waals surface area contributed by atoms with Crippen LogP contribution in [0, 0.1) is 9.49 Å². The highest BCUT2D eigenvalue weighted by Gasteiger charge is 2.27. The lowest BCUT2D eigenvalue weighted by molar-refractivity contribution is -0.121. The molecule has 8 heteroatoms. The number of halogens is 1. The van der Waals surface area contributed by atoms with E-state index in [9.17, 15) is 4.79 Å². The van der Waals surface area contributed by atoms with Crippen LogP contribution in [-0.4, -0.2) is 34.0 Å². The van der Waals surface area contributed by atoms with Gasteiger partial charge in [-0.25, -0.2) is 0 Å². The van der Waals surface area contributed by atoms with Crippen molar-refractivity contribution in [2.75, 3.05) is 18.4 Å². The third-order valence-electron chi connectivity index (χ3n) is 4.56. The quantitative estimate of drug-likeness (QED) is 0.537. The predicted octanol–water partition coefficient (Wildman–Crippen LogP) is 4.25. The number of amides is 1. The van der Waals surface area contributed by atoms with Gasteiger partial charge in [0.1, 0.15) is 0 Å². The SMILES string of the molecule is O=C(Nc1ccc(I)cc1)C1CCCN(Cc2nc(-c3cccs3)no2)C1. The molecule has 1 aromatic carbocycles. The summed E-state index contributed by atoms with van der Waals surface area (Å²) in [5.74, 6) is 1.27. The highest BCUT2D eigenvalue weighted by Crippen LogP contribution is 2.23. The first-order valence-electron chi connectivity index (χ1n) is 8.82. The summed E-state index contributed by atoms with van der Waals surface area (Å²) in [6, 6.07) is 11.8. The van der Waals surface area contributed by atoms with Crippen LogP contribution in [0.1, 0.15) is 18.7 Å². The Hall–Kier alpha value is -1.78. The van der Waals surface area contributed by atoms with Crippen LogP contribution in [0.2, 0.25) is 0 Å². The molecule has 6 nitrogen and oxygen atoms in total. The summed E-state index contributed by atoms with van der Waals surface area (Å²) in [4.78, 5) is 20.3. The van der Waals surface area contributed by atoms with E-state index in [1.54, 1.807) is 11.3 Å². The van der Waals surface area contributed by atoms with Gasteiger partial charge in [0.2, 0.25) is 17.6 Å². The molecule has 3 heterocycles. The zero-order valence-electron chi connectivity index (χ0n) is 14.6. The lowest BCUT2D eigenvalue weighted by Crippen LogP contribution is -2.40. The average Bonchev–Trinajstić information content (AvgIpc) is 3.35. The van der Waals surface area contributed by atoms with Crippen LogP contribution >= 0.6 is 33.9 Å². The third-order valence-corrected chi connectivity index (χ3v) is 6.14. The Morgan fingerprint density at radius 3 is 2.96 bits per heavy atom. The van der Waals surface area contributed by atoms with Crippen molar-refractivity contribution >= 4 is 45.5 Å². The molecule has 0 saturated carbocycles. The number of carbonyl (C=O) groups is 1. The topological polar surface area (TPSA) is 71.3 Å². The van der Waals surface area contributed by atoms with Crippen molar-refractivity contribution in [2.24, 2.45) is 5.92 Å². The molecule has 3 aromatic rings. The molecule has 0 spiro atoms.